The van der Waals surface area contributed by atoms with Crippen LogP contribution < -0.4 is 4.72 Å². The highest BCUT2D eigenvalue weighted by Gasteiger charge is 2.23. The Morgan fingerprint density at radius 3 is 2.55 bits per heavy atom. The predicted molar refractivity (Wildman–Crippen MR) is 71.1 cm³/mol. The van der Waals surface area contributed by atoms with Gasteiger partial charge >= 0.3 is 0 Å². The first-order valence-corrected chi connectivity index (χ1v) is 7.47. The Hall–Kier alpha value is -1.73. The van der Waals surface area contributed by atoms with Crippen molar-refractivity contribution in [3.05, 3.63) is 46.6 Å². The zero-order valence-electron chi connectivity index (χ0n) is 11.4. The molecular weight excluding hydrogens is 283 g/mol. The van der Waals surface area contributed by atoms with Gasteiger partial charge in [-0.15, -0.1) is 0 Å². The minimum Gasteiger partial charge on any atom is -0.360 e. The summed E-state index contributed by atoms with van der Waals surface area (Å²) in [7, 11) is -3.70. The number of hydrogen-bond donors (Lipinski definition) is 1. The zero-order valence-corrected chi connectivity index (χ0v) is 12.2. The number of hydrogen-bond acceptors (Lipinski definition) is 4. The van der Waals surface area contributed by atoms with Gasteiger partial charge in [0.1, 0.15) is 16.4 Å². The molecule has 0 bridgehead atoms. The Labute approximate surface area is 116 Å². The van der Waals surface area contributed by atoms with Crippen molar-refractivity contribution in [2.24, 2.45) is 0 Å². The van der Waals surface area contributed by atoms with Crippen LogP contribution in [0.3, 0.4) is 0 Å². The molecule has 0 saturated carbocycles. The van der Waals surface area contributed by atoms with Crippen molar-refractivity contribution in [3.63, 3.8) is 0 Å². The molecule has 0 amide bonds. The van der Waals surface area contributed by atoms with Gasteiger partial charge in [0, 0.05) is 6.54 Å². The fraction of sp³-hybridized carbons (Fsp3) is 0.308. The molecule has 0 unspecified atom stereocenters. The number of nitrogens with one attached hydrogen (secondary N) is 1. The summed E-state index contributed by atoms with van der Waals surface area (Å²) in [6.45, 7) is 4.80. The van der Waals surface area contributed by atoms with Crippen LogP contribution in [0, 0.1) is 26.6 Å². The van der Waals surface area contributed by atoms with Gasteiger partial charge in [-0.25, -0.2) is 17.5 Å². The Bertz CT molecular complexity index is 719. The maximum absolute atomic E-state index is 13.1. The summed E-state index contributed by atoms with van der Waals surface area (Å²) in [6.07, 6.45) is 0. The van der Waals surface area contributed by atoms with Crippen LogP contribution in [0.25, 0.3) is 0 Å². The van der Waals surface area contributed by atoms with Crippen LogP contribution >= 0.6 is 0 Å². The van der Waals surface area contributed by atoms with Gasteiger partial charge in [0.15, 0.2) is 5.76 Å². The summed E-state index contributed by atoms with van der Waals surface area (Å²) < 4.78 is 44.8. The lowest BCUT2D eigenvalue weighted by atomic mass is 10.1. The van der Waals surface area contributed by atoms with Crippen LogP contribution in [0.2, 0.25) is 0 Å². The van der Waals surface area contributed by atoms with Gasteiger partial charge in [-0.3, -0.25) is 0 Å². The van der Waals surface area contributed by atoms with Gasteiger partial charge in [-0.2, -0.15) is 0 Å². The molecule has 0 saturated heterocycles. The van der Waals surface area contributed by atoms with Crippen LogP contribution in [0.1, 0.15) is 22.6 Å². The molecule has 0 fully saturated rings. The molecule has 5 nitrogen and oxygen atoms in total. The lowest BCUT2D eigenvalue weighted by Gasteiger charge is -2.07. The van der Waals surface area contributed by atoms with Crippen LogP contribution in [0.15, 0.2) is 27.6 Å². The summed E-state index contributed by atoms with van der Waals surface area (Å²) >= 11 is 0. The second kappa shape index (κ2) is 5.34. The summed E-state index contributed by atoms with van der Waals surface area (Å²) in [5.41, 5.74) is 1.46. The third kappa shape index (κ3) is 2.88. The van der Waals surface area contributed by atoms with Crippen molar-refractivity contribution < 1.29 is 17.3 Å². The SMILES string of the molecule is Cc1cc(CNS(=O)(=O)c2c(C)noc2C)ccc1F. The third-order valence-corrected chi connectivity index (χ3v) is 4.57. The van der Waals surface area contributed by atoms with Gasteiger partial charge in [0.2, 0.25) is 10.0 Å². The lowest BCUT2D eigenvalue weighted by Crippen LogP contribution is -2.24. The van der Waals surface area contributed by atoms with E-state index in [0.717, 1.165) is 0 Å². The van der Waals surface area contributed by atoms with E-state index >= 15 is 0 Å². The Morgan fingerprint density at radius 1 is 1.30 bits per heavy atom. The fourth-order valence-corrected chi connectivity index (χ4v) is 3.27. The molecule has 0 atom stereocenters. The number of nitrogens with zero attached hydrogens (tertiary/aromatic N) is 1. The zero-order chi connectivity index (χ0) is 14.9. The molecule has 1 heterocycles. The summed E-state index contributed by atoms with van der Waals surface area (Å²) in [6, 6.07) is 4.46. The van der Waals surface area contributed by atoms with E-state index in [4.69, 9.17) is 4.52 Å². The molecular formula is C13H15FN2O3S. The number of aromatic nitrogens is 1. The minimum absolute atomic E-state index is 0.0522. The van der Waals surface area contributed by atoms with Gasteiger partial charge in [0.25, 0.3) is 0 Å². The summed E-state index contributed by atoms with van der Waals surface area (Å²) in [5.74, 6) is -0.0763. The Kier molecular flexibility index (Phi) is 3.92. The minimum atomic E-state index is -3.70. The smallest absolute Gasteiger partial charge is 0.246 e. The van der Waals surface area contributed by atoms with E-state index < -0.39 is 10.0 Å². The molecule has 108 valence electrons. The Balaban J connectivity index is 2.19. The third-order valence-electron chi connectivity index (χ3n) is 2.93. The molecule has 2 aromatic rings. The number of rotatable bonds is 4. The molecule has 0 aliphatic rings. The quantitative estimate of drug-likeness (QED) is 0.939. The second-order valence-electron chi connectivity index (χ2n) is 4.56. The van der Waals surface area contributed by atoms with Crippen LogP contribution in [-0.4, -0.2) is 13.6 Å². The molecule has 1 aromatic carbocycles. The average molecular weight is 298 g/mol. The number of benzene rings is 1. The van der Waals surface area contributed by atoms with E-state index in [9.17, 15) is 12.8 Å². The van der Waals surface area contributed by atoms with Crippen molar-refractivity contribution in [2.75, 3.05) is 0 Å². The normalized spacial score (nSPS) is 11.8. The molecule has 1 N–H and O–H groups in total. The highest BCUT2D eigenvalue weighted by Crippen LogP contribution is 2.19. The van der Waals surface area contributed by atoms with Crippen molar-refractivity contribution in [1.29, 1.82) is 0 Å². The average Bonchev–Trinajstić information content (AvgIpc) is 2.71. The van der Waals surface area contributed by atoms with E-state index in [0.29, 0.717) is 16.8 Å². The van der Waals surface area contributed by atoms with E-state index in [1.807, 2.05) is 0 Å². The van der Waals surface area contributed by atoms with Crippen molar-refractivity contribution >= 4 is 10.0 Å². The standard InChI is InChI=1S/C13H15FN2O3S/c1-8-6-11(4-5-12(8)14)7-15-20(17,18)13-9(2)16-19-10(13)3/h4-6,15H,7H2,1-3H3. The van der Waals surface area contributed by atoms with Crippen LogP contribution in [0.5, 0.6) is 0 Å². The van der Waals surface area contributed by atoms with E-state index in [1.165, 1.54) is 19.1 Å². The topological polar surface area (TPSA) is 72.2 Å². The largest absolute Gasteiger partial charge is 0.360 e. The molecule has 0 radical (unpaired) electrons. The second-order valence-corrected chi connectivity index (χ2v) is 6.27. The Morgan fingerprint density at radius 2 is 2.00 bits per heavy atom. The predicted octanol–water partition coefficient (Wildman–Crippen LogP) is 2.22. The molecule has 0 aliphatic heterocycles. The maximum Gasteiger partial charge on any atom is 0.246 e. The van der Waals surface area contributed by atoms with Crippen LogP contribution in [-0.2, 0) is 16.6 Å². The highest BCUT2D eigenvalue weighted by molar-refractivity contribution is 7.89. The van der Waals surface area contributed by atoms with Gasteiger partial charge in [-0.1, -0.05) is 17.3 Å². The summed E-state index contributed by atoms with van der Waals surface area (Å²) in [5, 5.41) is 3.62. The number of halogens is 1. The molecule has 1 aromatic heterocycles. The number of sulfonamides is 1. The lowest BCUT2D eigenvalue weighted by molar-refractivity contribution is 0.390. The molecule has 7 heteroatoms. The van der Waals surface area contributed by atoms with Gasteiger partial charge in [-0.05, 0) is 38.0 Å². The fourth-order valence-electron chi connectivity index (χ4n) is 1.93. The first-order chi connectivity index (χ1) is 9.31. The number of aryl methyl sites for hydroxylation is 3. The van der Waals surface area contributed by atoms with Crippen molar-refractivity contribution in [2.45, 2.75) is 32.2 Å². The van der Waals surface area contributed by atoms with E-state index in [1.54, 1.807) is 19.9 Å². The van der Waals surface area contributed by atoms with Crippen LogP contribution in [0.4, 0.5) is 4.39 Å². The first kappa shape index (κ1) is 14.7. The maximum atomic E-state index is 13.1. The monoisotopic (exact) mass is 298 g/mol. The van der Waals surface area contributed by atoms with Gasteiger partial charge in [0.05, 0.1) is 0 Å². The summed E-state index contributed by atoms with van der Waals surface area (Å²) in [4.78, 5) is 0.0522. The van der Waals surface area contributed by atoms with E-state index in [2.05, 4.69) is 9.88 Å². The first-order valence-electron chi connectivity index (χ1n) is 5.99. The van der Waals surface area contributed by atoms with E-state index in [-0.39, 0.29) is 23.0 Å². The van der Waals surface area contributed by atoms with Gasteiger partial charge < -0.3 is 4.52 Å². The van der Waals surface area contributed by atoms with Crippen molar-refractivity contribution in [1.82, 2.24) is 9.88 Å². The molecule has 0 spiro atoms. The molecule has 2 rings (SSSR count). The molecule has 0 aliphatic carbocycles. The van der Waals surface area contributed by atoms with Crippen molar-refractivity contribution in [3.8, 4) is 0 Å². The molecule has 20 heavy (non-hydrogen) atoms. The highest BCUT2D eigenvalue weighted by atomic mass is 32.2.